The van der Waals surface area contributed by atoms with E-state index in [4.69, 9.17) is 0 Å². The Bertz CT molecular complexity index is 929. The number of carbonyl (C=O) groups excluding carboxylic acids is 1. The summed E-state index contributed by atoms with van der Waals surface area (Å²) >= 11 is 4.90. The number of nitrogens with one attached hydrogen (secondary N) is 2. The fourth-order valence-electron chi connectivity index (χ4n) is 2.57. The maximum Gasteiger partial charge on any atom is 0.326 e. The molecule has 0 aliphatic rings. The lowest BCUT2D eigenvalue weighted by Crippen LogP contribution is -2.24. The molecule has 3 heterocycles. The SMILES string of the molecule is CCN(CC)Cc1cccc(NC(=O)Nc2nc(-c3ccncc3)sc2Br)n1. The molecule has 0 radical (unpaired) electrons. The number of hydrogen-bond acceptors (Lipinski definition) is 6. The quantitative estimate of drug-likeness (QED) is 0.526. The van der Waals surface area contributed by atoms with Gasteiger partial charge >= 0.3 is 6.03 Å². The van der Waals surface area contributed by atoms with Gasteiger partial charge in [-0.1, -0.05) is 19.9 Å². The van der Waals surface area contributed by atoms with Crippen LogP contribution < -0.4 is 10.6 Å². The van der Waals surface area contributed by atoms with Gasteiger partial charge in [-0.15, -0.1) is 11.3 Å². The normalized spacial score (nSPS) is 10.9. The van der Waals surface area contributed by atoms with E-state index in [2.05, 4.69) is 60.3 Å². The van der Waals surface area contributed by atoms with E-state index in [1.54, 1.807) is 18.5 Å². The van der Waals surface area contributed by atoms with Crippen molar-refractivity contribution in [1.82, 2.24) is 19.9 Å². The van der Waals surface area contributed by atoms with E-state index < -0.39 is 0 Å². The number of aromatic nitrogens is 3. The van der Waals surface area contributed by atoms with Crippen LogP contribution in [0.3, 0.4) is 0 Å². The van der Waals surface area contributed by atoms with Crippen molar-refractivity contribution in [2.24, 2.45) is 0 Å². The van der Waals surface area contributed by atoms with Crippen LogP contribution in [0, 0.1) is 0 Å². The molecule has 9 heteroatoms. The molecule has 0 bridgehead atoms. The minimum Gasteiger partial charge on any atom is -0.298 e. The summed E-state index contributed by atoms with van der Waals surface area (Å²) in [5.41, 5.74) is 1.86. The van der Waals surface area contributed by atoms with Gasteiger partial charge in [0.25, 0.3) is 0 Å². The van der Waals surface area contributed by atoms with Gasteiger partial charge in [0.05, 0.1) is 5.69 Å². The summed E-state index contributed by atoms with van der Waals surface area (Å²) in [7, 11) is 0. The van der Waals surface area contributed by atoms with E-state index in [1.807, 2.05) is 24.3 Å². The molecule has 3 rings (SSSR count). The molecule has 0 atom stereocenters. The molecule has 0 saturated carbocycles. The number of carbonyl (C=O) groups is 1. The number of anilines is 2. The number of pyridine rings is 2. The third-order valence-corrected chi connectivity index (χ3v) is 5.83. The van der Waals surface area contributed by atoms with Gasteiger partial charge in [-0.05, 0) is 53.3 Å². The molecule has 0 fully saturated rings. The first-order chi connectivity index (χ1) is 13.6. The van der Waals surface area contributed by atoms with Crippen molar-refractivity contribution in [2.45, 2.75) is 20.4 Å². The number of halogens is 1. The summed E-state index contributed by atoms with van der Waals surface area (Å²) in [4.78, 5) is 27.7. The highest BCUT2D eigenvalue weighted by Gasteiger charge is 2.14. The molecular weight excluding hydrogens is 440 g/mol. The van der Waals surface area contributed by atoms with E-state index in [-0.39, 0.29) is 6.03 Å². The van der Waals surface area contributed by atoms with Crippen LogP contribution in [0.1, 0.15) is 19.5 Å². The van der Waals surface area contributed by atoms with Crippen LogP contribution in [0.4, 0.5) is 16.4 Å². The van der Waals surface area contributed by atoms with Gasteiger partial charge in [0.15, 0.2) is 5.82 Å². The highest BCUT2D eigenvalue weighted by Crippen LogP contribution is 2.34. The maximum atomic E-state index is 12.4. The summed E-state index contributed by atoms with van der Waals surface area (Å²) in [6.07, 6.45) is 3.42. The topological polar surface area (TPSA) is 83.0 Å². The molecule has 28 heavy (non-hydrogen) atoms. The van der Waals surface area contributed by atoms with Crippen LogP contribution in [0.2, 0.25) is 0 Å². The van der Waals surface area contributed by atoms with Crippen LogP contribution in [-0.2, 0) is 6.54 Å². The Morgan fingerprint density at radius 2 is 1.86 bits per heavy atom. The summed E-state index contributed by atoms with van der Waals surface area (Å²) in [5, 5.41) is 6.33. The van der Waals surface area contributed by atoms with Crippen molar-refractivity contribution in [3.63, 3.8) is 0 Å². The molecule has 0 unspecified atom stereocenters. The third kappa shape index (κ3) is 5.34. The Kier molecular flexibility index (Phi) is 7.07. The molecule has 0 spiro atoms. The first-order valence-electron chi connectivity index (χ1n) is 8.92. The van der Waals surface area contributed by atoms with E-state index in [9.17, 15) is 4.79 Å². The highest BCUT2D eigenvalue weighted by atomic mass is 79.9. The Balaban J connectivity index is 1.65. The summed E-state index contributed by atoms with van der Waals surface area (Å²) in [6, 6.07) is 8.98. The Morgan fingerprint density at radius 3 is 2.57 bits per heavy atom. The van der Waals surface area contributed by atoms with Crippen LogP contribution in [0.25, 0.3) is 10.6 Å². The predicted molar refractivity (Wildman–Crippen MR) is 117 cm³/mol. The summed E-state index contributed by atoms with van der Waals surface area (Å²) in [5.74, 6) is 0.969. The average molecular weight is 461 g/mol. The first kappa shape index (κ1) is 20.4. The average Bonchev–Trinajstić information content (AvgIpc) is 3.07. The van der Waals surface area contributed by atoms with E-state index >= 15 is 0 Å². The summed E-state index contributed by atoms with van der Waals surface area (Å²) in [6.45, 7) is 6.88. The maximum absolute atomic E-state index is 12.4. The van der Waals surface area contributed by atoms with Crippen molar-refractivity contribution in [3.05, 3.63) is 52.2 Å². The molecule has 0 aliphatic carbocycles. The van der Waals surface area contributed by atoms with Crippen molar-refractivity contribution in [1.29, 1.82) is 0 Å². The largest absolute Gasteiger partial charge is 0.326 e. The van der Waals surface area contributed by atoms with Crippen LogP contribution >= 0.6 is 27.3 Å². The second-order valence-electron chi connectivity index (χ2n) is 5.93. The molecule has 0 saturated heterocycles. The Morgan fingerprint density at radius 1 is 1.11 bits per heavy atom. The lowest BCUT2D eigenvalue weighted by Gasteiger charge is -2.17. The molecule has 0 aromatic carbocycles. The van der Waals surface area contributed by atoms with Crippen molar-refractivity contribution in [2.75, 3.05) is 23.7 Å². The lowest BCUT2D eigenvalue weighted by molar-refractivity contribution is 0.262. The van der Waals surface area contributed by atoms with E-state index in [0.29, 0.717) is 11.6 Å². The number of amides is 2. The zero-order valence-corrected chi connectivity index (χ0v) is 18.0. The first-order valence-corrected chi connectivity index (χ1v) is 10.5. The zero-order valence-electron chi connectivity index (χ0n) is 15.6. The predicted octanol–water partition coefficient (Wildman–Crippen LogP) is 4.85. The standard InChI is InChI=1S/C19H21BrN6OS/c1-3-26(4-2)12-14-6-5-7-15(22-14)23-19(27)25-17-16(20)28-18(24-17)13-8-10-21-11-9-13/h5-11H,3-4,12H2,1-2H3,(H2,22,23,25,27). The van der Waals surface area contributed by atoms with Crippen LogP contribution in [0.15, 0.2) is 46.5 Å². The number of thiazole rings is 1. The molecule has 146 valence electrons. The highest BCUT2D eigenvalue weighted by molar-refractivity contribution is 9.11. The molecule has 7 nitrogen and oxygen atoms in total. The van der Waals surface area contributed by atoms with E-state index in [0.717, 1.165) is 39.7 Å². The molecule has 2 amide bonds. The van der Waals surface area contributed by atoms with Crippen LogP contribution in [0.5, 0.6) is 0 Å². The Labute approximate surface area is 176 Å². The van der Waals surface area contributed by atoms with Gasteiger partial charge in [-0.2, -0.15) is 0 Å². The monoisotopic (exact) mass is 460 g/mol. The van der Waals surface area contributed by atoms with Gasteiger partial charge in [0.1, 0.15) is 14.6 Å². The molecular formula is C19H21BrN6OS. The van der Waals surface area contributed by atoms with Gasteiger partial charge in [0, 0.05) is 24.5 Å². The second kappa shape index (κ2) is 9.72. The fourth-order valence-corrected chi connectivity index (χ4v) is 3.97. The summed E-state index contributed by atoms with van der Waals surface area (Å²) < 4.78 is 0.748. The van der Waals surface area contributed by atoms with Gasteiger partial charge in [-0.25, -0.2) is 14.8 Å². The smallest absolute Gasteiger partial charge is 0.298 e. The fraction of sp³-hybridized carbons (Fsp3) is 0.263. The third-order valence-electron chi connectivity index (χ3n) is 4.07. The lowest BCUT2D eigenvalue weighted by atomic mass is 10.3. The molecule has 0 aliphatic heterocycles. The van der Waals surface area contributed by atoms with Crippen LogP contribution in [-0.4, -0.2) is 39.0 Å². The van der Waals surface area contributed by atoms with Gasteiger partial charge in [0.2, 0.25) is 0 Å². The number of nitrogens with zero attached hydrogens (tertiary/aromatic N) is 4. The Hall–Kier alpha value is -2.36. The zero-order chi connectivity index (χ0) is 19.9. The number of urea groups is 1. The number of rotatable bonds is 7. The van der Waals surface area contributed by atoms with Crippen molar-refractivity contribution >= 4 is 44.9 Å². The van der Waals surface area contributed by atoms with Gasteiger partial charge < -0.3 is 0 Å². The van der Waals surface area contributed by atoms with Crippen molar-refractivity contribution < 1.29 is 4.79 Å². The van der Waals surface area contributed by atoms with E-state index in [1.165, 1.54) is 11.3 Å². The molecule has 3 aromatic rings. The second-order valence-corrected chi connectivity index (χ2v) is 8.25. The minimum atomic E-state index is -0.389. The minimum absolute atomic E-state index is 0.389. The molecule has 2 N–H and O–H groups in total. The van der Waals surface area contributed by atoms with Crippen molar-refractivity contribution in [3.8, 4) is 10.6 Å². The molecule has 3 aromatic heterocycles. The van der Waals surface area contributed by atoms with Gasteiger partial charge in [-0.3, -0.25) is 20.5 Å². The number of hydrogen-bond donors (Lipinski definition) is 2.